The van der Waals surface area contributed by atoms with Gasteiger partial charge in [0.1, 0.15) is 6.04 Å². The molecule has 4 nitrogen and oxygen atoms in total. The molecule has 1 saturated heterocycles. The topological polar surface area (TPSA) is 55.6 Å². The number of nitrogens with two attached hydrogens (primary N) is 1. The molecule has 0 aromatic heterocycles. The molecule has 1 unspecified atom stereocenters. The Hall–Kier alpha value is -1.39. The van der Waals surface area contributed by atoms with Gasteiger partial charge in [0.05, 0.1) is 6.61 Å². The number of benzene rings is 1. The van der Waals surface area contributed by atoms with Gasteiger partial charge >= 0.3 is 0 Å². The van der Waals surface area contributed by atoms with Crippen LogP contribution in [0.2, 0.25) is 0 Å². The molecule has 2 N–H and O–H groups in total. The molecule has 110 valence electrons. The first kappa shape index (κ1) is 15.0. The molecule has 0 radical (unpaired) electrons. The molecule has 0 saturated carbocycles. The molecule has 1 heterocycles. The van der Waals surface area contributed by atoms with E-state index in [9.17, 15) is 4.79 Å². The number of methoxy groups -OCH3 is 1. The number of amides is 1. The lowest BCUT2D eigenvalue weighted by Gasteiger charge is -2.40. The van der Waals surface area contributed by atoms with Gasteiger partial charge in [0, 0.05) is 20.2 Å². The number of hydrogen-bond donors (Lipinski definition) is 1. The number of nitrogens with zero attached hydrogens (tertiary/aromatic N) is 1. The van der Waals surface area contributed by atoms with Gasteiger partial charge in [0.25, 0.3) is 0 Å². The van der Waals surface area contributed by atoms with Crippen molar-refractivity contribution in [2.24, 2.45) is 5.73 Å². The van der Waals surface area contributed by atoms with E-state index in [1.807, 2.05) is 11.0 Å². The molecule has 1 atom stereocenters. The van der Waals surface area contributed by atoms with Gasteiger partial charge in [0.15, 0.2) is 0 Å². The highest BCUT2D eigenvalue weighted by atomic mass is 16.5. The molecule has 1 aromatic carbocycles. The molecule has 1 aliphatic heterocycles. The van der Waals surface area contributed by atoms with Crippen LogP contribution in [0.25, 0.3) is 0 Å². The molecule has 2 rings (SSSR count). The average molecular weight is 276 g/mol. The summed E-state index contributed by atoms with van der Waals surface area (Å²) in [6.45, 7) is 4.09. The second kappa shape index (κ2) is 6.37. The Morgan fingerprint density at radius 2 is 1.95 bits per heavy atom. The summed E-state index contributed by atoms with van der Waals surface area (Å²) in [6.07, 6.45) is 1.95. The van der Waals surface area contributed by atoms with Crippen molar-refractivity contribution in [3.63, 3.8) is 0 Å². The van der Waals surface area contributed by atoms with Crippen LogP contribution >= 0.6 is 0 Å². The van der Waals surface area contributed by atoms with Crippen LogP contribution in [0.1, 0.15) is 25.3 Å². The van der Waals surface area contributed by atoms with Crippen molar-refractivity contribution in [2.75, 3.05) is 26.8 Å². The van der Waals surface area contributed by atoms with Gasteiger partial charge < -0.3 is 15.4 Å². The molecule has 20 heavy (non-hydrogen) atoms. The predicted octanol–water partition coefficient (Wildman–Crippen LogP) is 1.54. The van der Waals surface area contributed by atoms with Crippen molar-refractivity contribution in [1.29, 1.82) is 0 Å². The van der Waals surface area contributed by atoms with Gasteiger partial charge in [-0.2, -0.15) is 0 Å². The van der Waals surface area contributed by atoms with Crippen LogP contribution in [0.4, 0.5) is 0 Å². The summed E-state index contributed by atoms with van der Waals surface area (Å²) in [4.78, 5) is 14.0. The van der Waals surface area contributed by atoms with E-state index in [0.29, 0.717) is 0 Å². The Balaban J connectivity index is 1.97. The van der Waals surface area contributed by atoms with Crippen molar-refractivity contribution in [3.05, 3.63) is 35.9 Å². The molecule has 1 fully saturated rings. The highest BCUT2D eigenvalue weighted by Gasteiger charge is 2.34. The van der Waals surface area contributed by atoms with Gasteiger partial charge in [0.2, 0.25) is 5.91 Å². The van der Waals surface area contributed by atoms with Gasteiger partial charge in [-0.3, -0.25) is 4.79 Å². The number of likely N-dealkylation sites (tertiary alicyclic amines) is 1. The highest BCUT2D eigenvalue weighted by molar-refractivity contribution is 5.81. The zero-order valence-electron chi connectivity index (χ0n) is 12.3. The number of piperidine rings is 1. The van der Waals surface area contributed by atoms with Crippen LogP contribution in [-0.4, -0.2) is 43.7 Å². The van der Waals surface area contributed by atoms with Crippen molar-refractivity contribution >= 4 is 5.91 Å². The summed E-state index contributed by atoms with van der Waals surface area (Å²) in [5.74, 6) is 0.00182. The second-order valence-electron chi connectivity index (χ2n) is 5.81. The minimum atomic E-state index is -0.541. The van der Waals surface area contributed by atoms with E-state index in [4.69, 9.17) is 10.5 Å². The molecule has 4 heteroatoms. The lowest BCUT2D eigenvalue weighted by Crippen LogP contribution is -2.51. The van der Waals surface area contributed by atoms with Gasteiger partial charge in [-0.25, -0.2) is 0 Å². The fourth-order valence-corrected chi connectivity index (χ4v) is 2.84. The average Bonchev–Trinajstić information content (AvgIpc) is 2.48. The highest BCUT2D eigenvalue weighted by Crippen LogP contribution is 2.34. The van der Waals surface area contributed by atoms with E-state index in [2.05, 4.69) is 31.2 Å². The molecule has 1 aliphatic rings. The van der Waals surface area contributed by atoms with Crippen molar-refractivity contribution in [1.82, 2.24) is 4.90 Å². The quantitative estimate of drug-likeness (QED) is 0.907. The predicted molar refractivity (Wildman–Crippen MR) is 79.5 cm³/mol. The summed E-state index contributed by atoms with van der Waals surface area (Å²) in [7, 11) is 1.57. The zero-order chi connectivity index (χ0) is 14.6. The first-order chi connectivity index (χ1) is 9.57. The third-order valence-electron chi connectivity index (χ3n) is 4.31. The van der Waals surface area contributed by atoms with Crippen LogP contribution in [0.3, 0.4) is 0 Å². The fraction of sp³-hybridized carbons (Fsp3) is 0.562. The van der Waals surface area contributed by atoms with Gasteiger partial charge in [-0.05, 0) is 23.8 Å². The Morgan fingerprint density at radius 3 is 2.50 bits per heavy atom. The van der Waals surface area contributed by atoms with E-state index in [1.165, 1.54) is 5.56 Å². The van der Waals surface area contributed by atoms with Crippen LogP contribution in [-0.2, 0) is 14.9 Å². The van der Waals surface area contributed by atoms with Crippen molar-refractivity contribution in [3.8, 4) is 0 Å². The first-order valence-corrected chi connectivity index (χ1v) is 7.16. The maximum Gasteiger partial charge on any atom is 0.241 e. The molecule has 0 spiro atoms. The molecule has 1 amide bonds. The van der Waals surface area contributed by atoms with E-state index in [1.54, 1.807) is 7.11 Å². The number of carbonyl (C=O) groups excluding carboxylic acids is 1. The summed E-state index contributed by atoms with van der Waals surface area (Å²) in [6, 6.07) is 10.00. The maximum absolute atomic E-state index is 12.2. The number of hydrogen-bond acceptors (Lipinski definition) is 3. The first-order valence-electron chi connectivity index (χ1n) is 7.16. The summed E-state index contributed by atoms with van der Waals surface area (Å²) in [5.41, 5.74) is 7.33. The second-order valence-corrected chi connectivity index (χ2v) is 5.81. The lowest BCUT2D eigenvalue weighted by molar-refractivity contribution is -0.135. The molecular formula is C16H24N2O2. The molecule has 0 bridgehead atoms. The van der Waals surface area contributed by atoms with Gasteiger partial charge in [-0.1, -0.05) is 37.3 Å². The summed E-state index contributed by atoms with van der Waals surface area (Å²) < 4.78 is 4.95. The Kier molecular flexibility index (Phi) is 4.78. The number of ether oxygens (including phenoxy) is 1. The largest absolute Gasteiger partial charge is 0.383 e. The Morgan fingerprint density at radius 1 is 1.35 bits per heavy atom. The van der Waals surface area contributed by atoms with E-state index >= 15 is 0 Å². The van der Waals surface area contributed by atoms with Crippen molar-refractivity contribution < 1.29 is 9.53 Å². The molecular weight excluding hydrogens is 252 g/mol. The number of rotatable bonds is 4. The Bertz CT molecular complexity index is 439. The Labute approximate surface area is 120 Å². The smallest absolute Gasteiger partial charge is 0.241 e. The standard InChI is InChI=1S/C16H24N2O2/c1-16(13-6-4-3-5-7-13)8-10-18(11-9-16)15(19)14(17)12-20-2/h3-7,14H,8-12,17H2,1-2H3. The molecule has 1 aromatic rings. The normalized spacial score (nSPS) is 19.6. The summed E-state index contributed by atoms with van der Waals surface area (Å²) in [5, 5.41) is 0. The van der Waals surface area contributed by atoms with Crippen LogP contribution in [0.15, 0.2) is 30.3 Å². The fourth-order valence-electron chi connectivity index (χ4n) is 2.84. The van der Waals surface area contributed by atoms with E-state index < -0.39 is 6.04 Å². The minimum absolute atomic E-state index is 0.00182. The van der Waals surface area contributed by atoms with Gasteiger partial charge in [-0.15, -0.1) is 0 Å². The lowest BCUT2D eigenvalue weighted by atomic mass is 9.74. The monoisotopic (exact) mass is 276 g/mol. The van der Waals surface area contributed by atoms with Crippen LogP contribution in [0.5, 0.6) is 0 Å². The third kappa shape index (κ3) is 3.19. The van der Waals surface area contributed by atoms with Crippen LogP contribution < -0.4 is 5.73 Å². The summed E-state index contributed by atoms with van der Waals surface area (Å²) >= 11 is 0. The third-order valence-corrected chi connectivity index (χ3v) is 4.31. The minimum Gasteiger partial charge on any atom is -0.383 e. The van der Waals surface area contributed by atoms with Crippen molar-refractivity contribution in [2.45, 2.75) is 31.2 Å². The number of carbonyl (C=O) groups is 1. The van der Waals surface area contributed by atoms with E-state index in [-0.39, 0.29) is 17.9 Å². The maximum atomic E-state index is 12.2. The van der Waals surface area contributed by atoms with E-state index in [0.717, 1.165) is 25.9 Å². The SMILES string of the molecule is COCC(N)C(=O)N1CCC(C)(c2ccccc2)CC1. The van der Waals surface area contributed by atoms with Crippen LogP contribution in [0, 0.1) is 0 Å². The molecule has 0 aliphatic carbocycles. The zero-order valence-corrected chi connectivity index (χ0v) is 12.3.